The molecular formula is C9H18N2O3. The second kappa shape index (κ2) is 6.62. The highest BCUT2D eigenvalue weighted by molar-refractivity contribution is 5.66. The van der Waals surface area contributed by atoms with Crippen LogP contribution in [0.25, 0.3) is 0 Å². The Labute approximate surface area is 84.4 Å². The Hall–Kier alpha value is -0.810. The summed E-state index contributed by atoms with van der Waals surface area (Å²) in [5.41, 5.74) is 0. The normalized spacial score (nSPS) is 17.8. The van der Waals surface area contributed by atoms with E-state index in [0.717, 1.165) is 32.8 Å². The van der Waals surface area contributed by atoms with Gasteiger partial charge in [-0.1, -0.05) is 0 Å². The first-order chi connectivity index (χ1) is 6.83. The zero-order chi connectivity index (χ0) is 10.2. The number of ether oxygens (including phenoxy) is 2. The molecular weight excluding hydrogens is 184 g/mol. The highest BCUT2D eigenvalue weighted by Gasteiger charge is 2.09. The Morgan fingerprint density at radius 2 is 2.21 bits per heavy atom. The van der Waals surface area contributed by atoms with E-state index in [1.165, 1.54) is 0 Å². The first kappa shape index (κ1) is 11.3. The fourth-order valence-electron chi connectivity index (χ4n) is 1.32. The highest BCUT2D eigenvalue weighted by atomic mass is 16.5. The van der Waals surface area contributed by atoms with Gasteiger partial charge in [-0.05, 0) is 6.92 Å². The molecule has 82 valence electrons. The van der Waals surface area contributed by atoms with Crippen molar-refractivity contribution in [2.24, 2.45) is 0 Å². The van der Waals surface area contributed by atoms with E-state index in [1.54, 1.807) is 6.92 Å². The molecule has 1 rings (SSSR count). The third-order valence-corrected chi connectivity index (χ3v) is 2.08. The first-order valence-corrected chi connectivity index (χ1v) is 5.03. The highest BCUT2D eigenvalue weighted by Crippen LogP contribution is 1.94. The van der Waals surface area contributed by atoms with Gasteiger partial charge in [0, 0.05) is 26.2 Å². The molecule has 0 atom stereocenters. The van der Waals surface area contributed by atoms with Crippen LogP contribution in [-0.2, 0) is 9.47 Å². The number of nitrogens with one attached hydrogen (secondary N) is 1. The zero-order valence-corrected chi connectivity index (χ0v) is 8.62. The number of alkyl carbamates (subject to hydrolysis) is 1. The minimum atomic E-state index is -0.333. The molecule has 5 nitrogen and oxygen atoms in total. The number of amides is 1. The van der Waals surface area contributed by atoms with Crippen LogP contribution in [0.15, 0.2) is 0 Å². The predicted octanol–water partition coefficient (Wildman–Crippen LogP) is 0.0647. The molecule has 1 N–H and O–H groups in total. The van der Waals surface area contributed by atoms with Gasteiger partial charge in [0.25, 0.3) is 0 Å². The van der Waals surface area contributed by atoms with Crippen LogP contribution in [0.4, 0.5) is 4.79 Å². The number of carbonyl (C=O) groups excluding carboxylic acids is 1. The van der Waals surface area contributed by atoms with Crippen molar-refractivity contribution in [2.75, 3.05) is 46.0 Å². The summed E-state index contributed by atoms with van der Waals surface area (Å²) in [5.74, 6) is 0. The van der Waals surface area contributed by atoms with Crippen molar-refractivity contribution in [3.63, 3.8) is 0 Å². The van der Waals surface area contributed by atoms with E-state index in [1.807, 2.05) is 0 Å². The number of hydrogen-bond donors (Lipinski definition) is 1. The Kier molecular flexibility index (Phi) is 5.32. The predicted molar refractivity (Wildman–Crippen MR) is 52.3 cm³/mol. The van der Waals surface area contributed by atoms with Gasteiger partial charge < -0.3 is 14.8 Å². The van der Waals surface area contributed by atoms with E-state index < -0.39 is 0 Å². The SMILES string of the molecule is CCOC(=O)NCCN1CCOCC1. The van der Waals surface area contributed by atoms with Gasteiger partial charge in [0.1, 0.15) is 0 Å². The molecule has 0 spiro atoms. The van der Waals surface area contributed by atoms with Gasteiger partial charge in [-0.2, -0.15) is 0 Å². The summed E-state index contributed by atoms with van der Waals surface area (Å²) in [6, 6.07) is 0. The number of nitrogens with zero attached hydrogens (tertiary/aromatic N) is 1. The van der Waals surface area contributed by atoms with Crippen LogP contribution >= 0.6 is 0 Å². The molecule has 0 aromatic heterocycles. The number of rotatable bonds is 4. The van der Waals surface area contributed by atoms with Crippen molar-refractivity contribution in [1.82, 2.24) is 10.2 Å². The molecule has 0 unspecified atom stereocenters. The van der Waals surface area contributed by atoms with Gasteiger partial charge in [0.05, 0.1) is 19.8 Å². The zero-order valence-electron chi connectivity index (χ0n) is 8.62. The second-order valence-corrected chi connectivity index (χ2v) is 3.10. The van der Waals surface area contributed by atoms with Gasteiger partial charge in [-0.25, -0.2) is 4.79 Å². The quantitative estimate of drug-likeness (QED) is 0.700. The van der Waals surface area contributed by atoms with E-state index in [-0.39, 0.29) is 6.09 Å². The number of hydrogen-bond acceptors (Lipinski definition) is 4. The minimum absolute atomic E-state index is 0.333. The third-order valence-electron chi connectivity index (χ3n) is 2.08. The molecule has 0 aliphatic carbocycles. The smallest absolute Gasteiger partial charge is 0.407 e. The lowest BCUT2D eigenvalue weighted by Crippen LogP contribution is -2.41. The standard InChI is InChI=1S/C9H18N2O3/c1-2-14-9(12)10-3-4-11-5-7-13-8-6-11/h2-8H2,1H3,(H,10,12). The summed E-state index contributed by atoms with van der Waals surface area (Å²) < 4.78 is 9.95. The molecule has 14 heavy (non-hydrogen) atoms. The van der Waals surface area contributed by atoms with Crippen LogP contribution in [0.2, 0.25) is 0 Å². The van der Waals surface area contributed by atoms with E-state index in [2.05, 4.69) is 10.2 Å². The maximum Gasteiger partial charge on any atom is 0.407 e. The molecule has 1 heterocycles. The fraction of sp³-hybridized carbons (Fsp3) is 0.889. The van der Waals surface area contributed by atoms with Crippen molar-refractivity contribution in [2.45, 2.75) is 6.92 Å². The molecule has 1 aliphatic heterocycles. The molecule has 1 saturated heterocycles. The van der Waals surface area contributed by atoms with E-state index in [9.17, 15) is 4.79 Å². The molecule has 0 saturated carbocycles. The summed E-state index contributed by atoms with van der Waals surface area (Å²) in [6.07, 6.45) is -0.333. The van der Waals surface area contributed by atoms with Gasteiger partial charge in [-0.3, -0.25) is 4.90 Å². The monoisotopic (exact) mass is 202 g/mol. The lowest BCUT2D eigenvalue weighted by molar-refractivity contribution is 0.0383. The van der Waals surface area contributed by atoms with Gasteiger partial charge >= 0.3 is 6.09 Å². The maximum absolute atomic E-state index is 10.9. The molecule has 1 aliphatic rings. The van der Waals surface area contributed by atoms with Crippen LogP contribution in [0.3, 0.4) is 0 Å². The van der Waals surface area contributed by atoms with E-state index in [4.69, 9.17) is 9.47 Å². The topological polar surface area (TPSA) is 50.8 Å². The molecule has 0 radical (unpaired) electrons. The summed E-state index contributed by atoms with van der Waals surface area (Å²) in [5, 5.41) is 2.69. The van der Waals surface area contributed by atoms with E-state index >= 15 is 0 Å². The Morgan fingerprint density at radius 3 is 2.86 bits per heavy atom. The van der Waals surface area contributed by atoms with Crippen molar-refractivity contribution >= 4 is 6.09 Å². The average molecular weight is 202 g/mol. The number of morpholine rings is 1. The molecule has 0 bridgehead atoms. The minimum Gasteiger partial charge on any atom is -0.450 e. The van der Waals surface area contributed by atoms with E-state index in [0.29, 0.717) is 13.2 Å². The van der Waals surface area contributed by atoms with Crippen molar-refractivity contribution in [1.29, 1.82) is 0 Å². The van der Waals surface area contributed by atoms with Crippen molar-refractivity contribution < 1.29 is 14.3 Å². The summed E-state index contributed by atoms with van der Waals surface area (Å²) in [4.78, 5) is 13.2. The molecule has 1 amide bonds. The molecule has 5 heteroatoms. The van der Waals surface area contributed by atoms with Crippen LogP contribution in [0.5, 0.6) is 0 Å². The Balaban J connectivity index is 1.99. The Bertz CT molecular complexity index is 169. The van der Waals surface area contributed by atoms with Gasteiger partial charge in [0.15, 0.2) is 0 Å². The largest absolute Gasteiger partial charge is 0.450 e. The molecule has 0 aromatic carbocycles. The van der Waals surface area contributed by atoms with Gasteiger partial charge in [0.2, 0.25) is 0 Å². The first-order valence-electron chi connectivity index (χ1n) is 5.03. The third kappa shape index (κ3) is 4.43. The number of carbonyl (C=O) groups is 1. The summed E-state index contributed by atoms with van der Waals surface area (Å²) in [6.45, 7) is 7.19. The van der Waals surface area contributed by atoms with Crippen LogP contribution in [0, 0.1) is 0 Å². The lowest BCUT2D eigenvalue weighted by atomic mass is 10.4. The van der Waals surface area contributed by atoms with Gasteiger partial charge in [-0.15, -0.1) is 0 Å². The fourth-order valence-corrected chi connectivity index (χ4v) is 1.32. The summed E-state index contributed by atoms with van der Waals surface area (Å²) >= 11 is 0. The Morgan fingerprint density at radius 1 is 1.50 bits per heavy atom. The van der Waals surface area contributed by atoms with Crippen LogP contribution in [0.1, 0.15) is 6.92 Å². The van der Waals surface area contributed by atoms with Crippen molar-refractivity contribution in [3.8, 4) is 0 Å². The van der Waals surface area contributed by atoms with Crippen LogP contribution < -0.4 is 5.32 Å². The molecule has 1 fully saturated rings. The van der Waals surface area contributed by atoms with Crippen molar-refractivity contribution in [3.05, 3.63) is 0 Å². The van der Waals surface area contributed by atoms with Crippen LogP contribution in [-0.4, -0.2) is 57.0 Å². The maximum atomic E-state index is 10.9. The lowest BCUT2D eigenvalue weighted by Gasteiger charge is -2.26. The molecule has 0 aromatic rings. The average Bonchev–Trinajstić information content (AvgIpc) is 2.20. The second-order valence-electron chi connectivity index (χ2n) is 3.10. The summed E-state index contributed by atoms with van der Waals surface area (Å²) in [7, 11) is 0.